The van der Waals surface area contributed by atoms with Gasteiger partial charge in [0.1, 0.15) is 11.1 Å². The second-order valence-corrected chi connectivity index (χ2v) is 9.31. The molecule has 1 atom stereocenters. The van der Waals surface area contributed by atoms with Crippen molar-refractivity contribution in [3.8, 4) is 11.4 Å². The Balaban J connectivity index is 1.40. The Bertz CT molecular complexity index is 1440. The van der Waals surface area contributed by atoms with E-state index in [0.29, 0.717) is 34.2 Å². The minimum Gasteiger partial charge on any atom is -0.494 e. The minimum absolute atomic E-state index is 0.152. The van der Waals surface area contributed by atoms with Gasteiger partial charge in [0.05, 0.1) is 24.5 Å². The van der Waals surface area contributed by atoms with E-state index in [-0.39, 0.29) is 23.9 Å². The van der Waals surface area contributed by atoms with Gasteiger partial charge in [-0.25, -0.2) is 9.67 Å². The first-order valence-electron chi connectivity index (χ1n) is 11.2. The van der Waals surface area contributed by atoms with Crippen LogP contribution in [0.1, 0.15) is 30.5 Å². The highest BCUT2D eigenvalue weighted by Gasteiger charge is 2.29. The molecule has 1 unspecified atom stereocenters. The van der Waals surface area contributed by atoms with E-state index in [9.17, 15) is 9.59 Å². The Labute approximate surface area is 201 Å². The average Bonchev–Trinajstić information content (AvgIpc) is 3.40. The summed E-state index contributed by atoms with van der Waals surface area (Å²) in [4.78, 5) is 30.8. The molecule has 2 aromatic carbocycles. The maximum Gasteiger partial charge on any atom is 0.265 e. The summed E-state index contributed by atoms with van der Waals surface area (Å²) in [6.45, 7) is 6.57. The van der Waals surface area contributed by atoms with Crippen molar-refractivity contribution in [3.63, 3.8) is 0 Å². The van der Waals surface area contributed by atoms with Gasteiger partial charge in [0.15, 0.2) is 10.8 Å². The summed E-state index contributed by atoms with van der Waals surface area (Å²) in [5.74, 6) is 1.22. The Morgan fingerprint density at radius 2 is 2.00 bits per heavy atom. The number of amides is 1. The minimum atomic E-state index is -0.267. The fraction of sp³-hybridized carbons (Fsp3) is 0.280. The van der Waals surface area contributed by atoms with Crippen LogP contribution >= 0.6 is 11.8 Å². The molecule has 34 heavy (non-hydrogen) atoms. The van der Waals surface area contributed by atoms with Crippen molar-refractivity contribution in [1.82, 2.24) is 19.3 Å². The predicted octanol–water partition coefficient (Wildman–Crippen LogP) is 4.27. The van der Waals surface area contributed by atoms with Crippen LogP contribution < -0.4 is 15.6 Å². The van der Waals surface area contributed by atoms with Crippen molar-refractivity contribution in [1.29, 1.82) is 0 Å². The molecule has 9 heteroatoms. The number of hydrogen-bond acceptors (Lipinski definition) is 6. The SMILES string of the molecule is CCOc1ccc(NC(=O)CC2CSc3nc4c(cnn4-c4ccc(C)cc4C)c(=O)n32)cc1. The summed E-state index contributed by atoms with van der Waals surface area (Å²) in [5.41, 5.74) is 4.18. The van der Waals surface area contributed by atoms with Gasteiger partial charge in [0.2, 0.25) is 5.91 Å². The molecule has 0 saturated heterocycles. The maximum absolute atomic E-state index is 13.4. The van der Waals surface area contributed by atoms with Gasteiger partial charge in [-0.05, 0) is 56.7 Å². The van der Waals surface area contributed by atoms with E-state index in [1.165, 1.54) is 11.8 Å². The molecule has 2 aromatic heterocycles. The third-order valence-corrected chi connectivity index (χ3v) is 6.92. The lowest BCUT2D eigenvalue weighted by atomic mass is 10.1. The Morgan fingerprint density at radius 3 is 2.74 bits per heavy atom. The number of anilines is 1. The van der Waals surface area contributed by atoms with Crippen molar-refractivity contribution in [2.24, 2.45) is 0 Å². The number of nitrogens with zero attached hydrogens (tertiary/aromatic N) is 4. The van der Waals surface area contributed by atoms with E-state index in [1.807, 2.05) is 45.0 Å². The largest absolute Gasteiger partial charge is 0.494 e. The Kier molecular flexibility index (Phi) is 5.87. The number of rotatable bonds is 6. The molecule has 0 fully saturated rings. The molecule has 0 spiro atoms. The second-order valence-electron chi connectivity index (χ2n) is 8.33. The second kappa shape index (κ2) is 8.98. The van der Waals surface area contributed by atoms with Crippen LogP contribution in [0.25, 0.3) is 16.7 Å². The van der Waals surface area contributed by atoms with E-state index in [2.05, 4.69) is 16.5 Å². The normalized spacial score (nSPS) is 14.9. The molecule has 8 nitrogen and oxygen atoms in total. The average molecular weight is 476 g/mol. The third-order valence-electron chi connectivity index (χ3n) is 5.82. The molecule has 0 aliphatic carbocycles. The summed E-state index contributed by atoms with van der Waals surface area (Å²) in [7, 11) is 0. The topological polar surface area (TPSA) is 91.0 Å². The number of aryl methyl sites for hydroxylation is 2. The van der Waals surface area contributed by atoms with E-state index in [0.717, 1.165) is 22.6 Å². The van der Waals surface area contributed by atoms with Crippen molar-refractivity contribution in [2.45, 2.75) is 38.4 Å². The zero-order valence-corrected chi connectivity index (χ0v) is 20.1. The predicted molar refractivity (Wildman–Crippen MR) is 133 cm³/mol. The number of hydrogen-bond donors (Lipinski definition) is 1. The zero-order valence-electron chi connectivity index (χ0n) is 19.2. The maximum atomic E-state index is 13.4. The van der Waals surface area contributed by atoms with Gasteiger partial charge in [-0.3, -0.25) is 14.2 Å². The highest BCUT2D eigenvalue weighted by molar-refractivity contribution is 7.99. The highest BCUT2D eigenvalue weighted by Crippen LogP contribution is 2.34. The molecule has 1 amide bonds. The number of fused-ring (bicyclic) bond motifs is 2. The smallest absolute Gasteiger partial charge is 0.265 e. The Hall–Kier alpha value is -3.59. The molecule has 5 rings (SSSR count). The molecule has 0 bridgehead atoms. The number of thioether (sulfide) groups is 1. The Morgan fingerprint density at radius 1 is 1.21 bits per heavy atom. The van der Waals surface area contributed by atoms with Crippen molar-refractivity contribution in [2.75, 3.05) is 17.7 Å². The van der Waals surface area contributed by atoms with Crippen molar-refractivity contribution < 1.29 is 9.53 Å². The van der Waals surface area contributed by atoms with Crippen LogP contribution in [0.4, 0.5) is 5.69 Å². The first-order chi connectivity index (χ1) is 16.4. The molecule has 1 aliphatic rings. The van der Waals surface area contributed by atoms with E-state index >= 15 is 0 Å². The summed E-state index contributed by atoms with van der Waals surface area (Å²) in [6, 6.07) is 13.1. The standard InChI is InChI=1S/C25H25N5O3S/c1-4-33-19-8-6-17(7-9-19)27-22(31)12-18-14-34-25-28-23-20(24(32)29(18)25)13-26-30(23)21-10-5-15(2)11-16(21)3/h5-11,13,18H,4,12,14H2,1-3H3,(H,27,31). The number of nitrogens with one attached hydrogen (secondary N) is 1. The highest BCUT2D eigenvalue weighted by atomic mass is 32.2. The first kappa shape index (κ1) is 22.2. The van der Waals surface area contributed by atoms with Crippen LogP contribution in [-0.2, 0) is 4.79 Å². The van der Waals surface area contributed by atoms with Gasteiger partial charge >= 0.3 is 0 Å². The summed E-state index contributed by atoms with van der Waals surface area (Å²) in [6.07, 6.45) is 1.75. The fourth-order valence-electron chi connectivity index (χ4n) is 4.23. The molecule has 174 valence electrons. The summed E-state index contributed by atoms with van der Waals surface area (Å²) >= 11 is 1.49. The first-order valence-corrected chi connectivity index (χ1v) is 12.2. The molecule has 3 heterocycles. The third kappa shape index (κ3) is 4.07. The van der Waals surface area contributed by atoms with Gasteiger partial charge in [-0.2, -0.15) is 5.10 Å². The van der Waals surface area contributed by atoms with Gasteiger partial charge in [0.25, 0.3) is 5.56 Å². The van der Waals surface area contributed by atoms with Crippen LogP contribution in [0.15, 0.2) is 58.6 Å². The van der Waals surface area contributed by atoms with Gasteiger partial charge < -0.3 is 10.1 Å². The summed E-state index contributed by atoms with van der Waals surface area (Å²) in [5, 5.41) is 8.43. The lowest BCUT2D eigenvalue weighted by molar-refractivity contribution is -0.116. The van der Waals surface area contributed by atoms with Crippen LogP contribution in [0.3, 0.4) is 0 Å². The molecule has 1 aliphatic heterocycles. The van der Waals surface area contributed by atoms with Gasteiger partial charge in [-0.15, -0.1) is 0 Å². The molecule has 0 saturated carbocycles. The molecule has 4 aromatic rings. The number of benzene rings is 2. The van der Waals surface area contributed by atoms with E-state index in [1.54, 1.807) is 27.6 Å². The van der Waals surface area contributed by atoms with Crippen molar-refractivity contribution >= 4 is 34.4 Å². The summed E-state index contributed by atoms with van der Waals surface area (Å²) < 4.78 is 8.79. The lowest BCUT2D eigenvalue weighted by Crippen LogP contribution is -2.27. The van der Waals surface area contributed by atoms with Crippen LogP contribution in [0.2, 0.25) is 0 Å². The molecule has 0 radical (unpaired) electrons. The van der Waals surface area contributed by atoms with Crippen LogP contribution in [0, 0.1) is 13.8 Å². The number of ether oxygens (including phenoxy) is 1. The van der Waals surface area contributed by atoms with E-state index < -0.39 is 0 Å². The quantitative estimate of drug-likeness (QED) is 0.419. The molecule has 1 N–H and O–H groups in total. The zero-order chi connectivity index (χ0) is 23.8. The molecular formula is C25H25N5O3S. The fourth-order valence-corrected chi connectivity index (χ4v) is 5.36. The number of aromatic nitrogens is 4. The molecular weight excluding hydrogens is 450 g/mol. The van der Waals surface area contributed by atoms with Gasteiger partial charge in [-0.1, -0.05) is 29.5 Å². The van der Waals surface area contributed by atoms with Gasteiger partial charge in [0, 0.05) is 17.9 Å². The number of carbonyl (C=O) groups is 1. The van der Waals surface area contributed by atoms with E-state index in [4.69, 9.17) is 9.72 Å². The monoisotopic (exact) mass is 475 g/mol. The number of carbonyl (C=O) groups excluding carboxylic acids is 1. The van der Waals surface area contributed by atoms with Crippen LogP contribution in [-0.4, -0.2) is 37.6 Å². The lowest BCUT2D eigenvalue weighted by Gasteiger charge is -2.14. The van der Waals surface area contributed by atoms with Crippen molar-refractivity contribution in [3.05, 3.63) is 70.1 Å². The van der Waals surface area contributed by atoms with Crippen LogP contribution in [0.5, 0.6) is 5.75 Å².